The van der Waals surface area contributed by atoms with Crippen molar-refractivity contribution in [2.24, 2.45) is 0 Å². The minimum Gasteiger partial charge on any atom is -0.481 e. The summed E-state index contributed by atoms with van der Waals surface area (Å²) in [7, 11) is 0. The van der Waals surface area contributed by atoms with Gasteiger partial charge in [0.25, 0.3) is 0 Å². The van der Waals surface area contributed by atoms with Gasteiger partial charge in [-0.05, 0) is 26.0 Å². The quantitative estimate of drug-likeness (QED) is 0.836. The van der Waals surface area contributed by atoms with Crippen molar-refractivity contribution in [3.63, 3.8) is 0 Å². The van der Waals surface area contributed by atoms with E-state index in [2.05, 4.69) is 4.98 Å². The van der Waals surface area contributed by atoms with Crippen LogP contribution in [0.3, 0.4) is 0 Å². The SMILES string of the molecule is CCN(c1ccc(C#N)nc1)C(C)CC(=O)O. The number of nitriles is 1. The lowest BCUT2D eigenvalue weighted by molar-refractivity contribution is -0.137. The Morgan fingerprint density at radius 3 is 2.76 bits per heavy atom. The van der Waals surface area contributed by atoms with E-state index in [1.165, 1.54) is 0 Å². The molecule has 0 aliphatic carbocycles. The second kappa shape index (κ2) is 5.85. The number of aliphatic carboxylic acids is 1. The highest BCUT2D eigenvalue weighted by molar-refractivity contribution is 5.68. The van der Waals surface area contributed by atoms with Crippen LogP contribution >= 0.6 is 0 Å². The maximum Gasteiger partial charge on any atom is 0.305 e. The second-order valence-electron chi connectivity index (χ2n) is 3.75. The van der Waals surface area contributed by atoms with Crippen LogP contribution in [0.2, 0.25) is 0 Å². The van der Waals surface area contributed by atoms with Crippen molar-refractivity contribution in [3.8, 4) is 6.07 Å². The molecule has 1 heterocycles. The molecule has 0 aromatic carbocycles. The number of carboxylic acid groups (broad SMARTS) is 1. The highest BCUT2D eigenvalue weighted by atomic mass is 16.4. The topological polar surface area (TPSA) is 77.2 Å². The zero-order chi connectivity index (χ0) is 12.8. The maximum atomic E-state index is 10.7. The number of hydrogen-bond acceptors (Lipinski definition) is 4. The molecule has 5 heteroatoms. The Kier molecular flexibility index (Phi) is 4.46. The van der Waals surface area contributed by atoms with E-state index in [-0.39, 0.29) is 12.5 Å². The molecule has 1 aromatic heterocycles. The van der Waals surface area contributed by atoms with E-state index in [0.717, 1.165) is 5.69 Å². The summed E-state index contributed by atoms with van der Waals surface area (Å²) in [5, 5.41) is 17.4. The first-order valence-corrected chi connectivity index (χ1v) is 5.43. The van der Waals surface area contributed by atoms with Crippen molar-refractivity contribution in [3.05, 3.63) is 24.0 Å². The minimum atomic E-state index is -0.822. The zero-order valence-corrected chi connectivity index (χ0v) is 9.92. The van der Waals surface area contributed by atoms with Gasteiger partial charge in [-0.25, -0.2) is 4.98 Å². The Labute approximate surface area is 100 Å². The molecule has 5 nitrogen and oxygen atoms in total. The third-order valence-corrected chi connectivity index (χ3v) is 2.54. The molecule has 0 amide bonds. The molecule has 0 aliphatic heterocycles. The normalized spacial score (nSPS) is 11.6. The summed E-state index contributed by atoms with van der Waals surface area (Å²) in [6.45, 7) is 4.51. The second-order valence-corrected chi connectivity index (χ2v) is 3.75. The van der Waals surface area contributed by atoms with Crippen LogP contribution in [-0.4, -0.2) is 28.6 Å². The predicted octanol–water partition coefficient (Wildman–Crippen LogP) is 1.64. The molecule has 1 unspecified atom stereocenters. The fourth-order valence-corrected chi connectivity index (χ4v) is 1.73. The number of nitrogens with zero attached hydrogens (tertiary/aromatic N) is 3. The Bertz CT molecular complexity index is 422. The van der Waals surface area contributed by atoms with Crippen molar-refractivity contribution in [1.29, 1.82) is 5.26 Å². The first kappa shape index (κ1) is 13.0. The van der Waals surface area contributed by atoms with Crippen LogP contribution in [-0.2, 0) is 4.79 Å². The summed E-state index contributed by atoms with van der Waals surface area (Å²) in [6.07, 6.45) is 1.67. The molecule has 0 radical (unpaired) electrons. The molecule has 0 saturated heterocycles. The van der Waals surface area contributed by atoms with E-state index in [1.807, 2.05) is 24.8 Å². The van der Waals surface area contributed by atoms with Crippen molar-refractivity contribution in [1.82, 2.24) is 4.98 Å². The highest BCUT2D eigenvalue weighted by Gasteiger charge is 2.16. The lowest BCUT2D eigenvalue weighted by Crippen LogP contribution is -2.34. The fourth-order valence-electron chi connectivity index (χ4n) is 1.73. The van der Waals surface area contributed by atoms with Gasteiger partial charge in [-0.3, -0.25) is 4.79 Å². The van der Waals surface area contributed by atoms with Gasteiger partial charge >= 0.3 is 5.97 Å². The minimum absolute atomic E-state index is 0.0772. The molecule has 1 N–H and O–H groups in total. The van der Waals surface area contributed by atoms with Gasteiger partial charge in [-0.2, -0.15) is 5.26 Å². The maximum absolute atomic E-state index is 10.7. The molecule has 0 fully saturated rings. The standard InChI is InChI=1S/C12H15N3O2/c1-3-15(9(2)6-12(16)17)11-5-4-10(7-13)14-8-11/h4-5,8-9H,3,6H2,1-2H3,(H,16,17). The molecule has 0 spiro atoms. The van der Waals surface area contributed by atoms with Crippen molar-refractivity contribution in [2.75, 3.05) is 11.4 Å². The Hall–Kier alpha value is -2.09. The zero-order valence-electron chi connectivity index (χ0n) is 9.92. The summed E-state index contributed by atoms with van der Waals surface area (Å²) in [6, 6.07) is 5.26. The average molecular weight is 233 g/mol. The van der Waals surface area contributed by atoms with Crippen LogP contribution in [0.15, 0.2) is 18.3 Å². The number of anilines is 1. The van der Waals surface area contributed by atoms with Crippen LogP contribution < -0.4 is 4.90 Å². The number of aromatic nitrogens is 1. The lowest BCUT2D eigenvalue weighted by atomic mass is 10.2. The molecular weight excluding hydrogens is 218 g/mol. The average Bonchev–Trinajstić information content (AvgIpc) is 2.30. The lowest BCUT2D eigenvalue weighted by Gasteiger charge is -2.28. The van der Waals surface area contributed by atoms with Crippen LogP contribution in [0.5, 0.6) is 0 Å². The molecule has 1 atom stereocenters. The van der Waals surface area contributed by atoms with Crippen LogP contribution in [0, 0.1) is 11.3 Å². The molecule has 0 aliphatic rings. The number of rotatable bonds is 5. The van der Waals surface area contributed by atoms with Gasteiger partial charge in [0.05, 0.1) is 18.3 Å². The van der Waals surface area contributed by atoms with Crippen LogP contribution in [0.1, 0.15) is 26.0 Å². The van der Waals surface area contributed by atoms with E-state index < -0.39 is 5.97 Å². The molecule has 1 aromatic rings. The monoisotopic (exact) mass is 233 g/mol. The van der Waals surface area contributed by atoms with Gasteiger partial charge in [0.2, 0.25) is 0 Å². The Morgan fingerprint density at radius 2 is 2.35 bits per heavy atom. The van der Waals surface area contributed by atoms with Crippen LogP contribution in [0.4, 0.5) is 5.69 Å². The summed E-state index contributed by atoms with van der Waals surface area (Å²) in [5.41, 5.74) is 1.19. The number of hydrogen-bond donors (Lipinski definition) is 1. The van der Waals surface area contributed by atoms with Crippen molar-refractivity contribution in [2.45, 2.75) is 26.3 Å². The molecule has 90 valence electrons. The first-order valence-electron chi connectivity index (χ1n) is 5.43. The van der Waals surface area contributed by atoms with E-state index in [0.29, 0.717) is 12.2 Å². The summed E-state index contributed by atoms with van der Waals surface area (Å²) in [5.74, 6) is -0.822. The summed E-state index contributed by atoms with van der Waals surface area (Å²) >= 11 is 0. The number of carbonyl (C=O) groups is 1. The first-order chi connectivity index (χ1) is 8.08. The third-order valence-electron chi connectivity index (χ3n) is 2.54. The Morgan fingerprint density at radius 1 is 1.65 bits per heavy atom. The smallest absolute Gasteiger partial charge is 0.305 e. The molecule has 17 heavy (non-hydrogen) atoms. The van der Waals surface area contributed by atoms with Gasteiger partial charge in [0.1, 0.15) is 11.8 Å². The van der Waals surface area contributed by atoms with Gasteiger partial charge in [0, 0.05) is 12.6 Å². The van der Waals surface area contributed by atoms with Crippen molar-refractivity contribution >= 4 is 11.7 Å². The summed E-state index contributed by atoms with van der Waals surface area (Å²) < 4.78 is 0. The fraction of sp³-hybridized carbons (Fsp3) is 0.417. The number of carboxylic acids is 1. The van der Waals surface area contributed by atoms with E-state index >= 15 is 0 Å². The van der Waals surface area contributed by atoms with E-state index in [4.69, 9.17) is 10.4 Å². The Balaban J connectivity index is 2.85. The molecule has 0 bridgehead atoms. The predicted molar refractivity (Wildman–Crippen MR) is 63.7 cm³/mol. The highest BCUT2D eigenvalue weighted by Crippen LogP contribution is 2.17. The van der Waals surface area contributed by atoms with Crippen LogP contribution in [0.25, 0.3) is 0 Å². The third kappa shape index (κ3) is 3.45. The largest absolute Gasteiger partial charge is 0.481 e. The molecule has 0 saturated carbocycles. The summed E-state index contributed by atoms with van der Waals surface area (Å²) in [4.78, 5) is 16.6. The number of pyridine rings is 1. The molecular formula is C12H15N3O2. The molecule has 1 rings (SSSR count). The van der Waals surface area contributed by atoms with E-state index in [1.54, 1.807) is 18.3 Å². The van der Waals surface area contributed by atoms with Gasteiger partial charge in [-0.1, -0.05) is 0 Å². The van der Waals surface area contributed by atoms with E-state index in [9.17, 15) is 4.79 Å². The van der Waals surface area contributed by atoms with Gasteiger partial charge < -0.3 is 10.0 Å². The van der Waals surface area contributed by atoms with Gasteiger partial charge in [-0.15, -0.1) is 0 Å². The van der Waals surface area contributed by atoms with Crippen molar-refractivity contribution < 1.29 is 9.90 Å². The van der Waals surface area contributed by atoms with Gasteiger partial charge in [0.15, 0.2) is 0 Å².